The second-order valence-electron chi connectivity index (χ2n) is 8.45. The van der Waals surface area contributed by atoms with E-state index in [1.54, 1.807) is 17.8 Å². The monoisotopic (exact) mass is 434 g/mol. The third kappa shape index (κ3) is 3.43. The molecule has 3 aliphatic carbocycles. The number of aromatic nitrogens is 2. The summed E-state index contributed by atoms with van der Waals surface area (Å²) >= 11 is 0. The molecule has 11 heteroatoms. The van der Waals surface area contributed by atoms with Gasteiger partial charge in [-0.3, -0.25) is 14.3 Å². The maximum absolute atomic E-state index is 13.1. The third-order valence-corrected chi connectivity index (χ3v) is 5.79. The van der Waals surface area contributed by atoms with Crippen LogP contribution in [0.15, 0.2) is 24.3 Å². The number of amides is 2. The van der Waals surface area contributed by atoms with E-state index in [4.69, 9.17) is 4.74 Å². The second-order valence-corrected chi connectivity index (χ2v) is 8.45. The van der Waals surface area contributed by atoms with E-state index in [1.165, 1.54) is 18.2 Å². The summed E-state index contributed by atoms with van der Waals surface area (Å²) in [5.74, 6) is -0.541. The number of halogens is 2. The Balaban J connectivity index is 1.10. The van der Waals surface area contributed by atoms with Crippen LogP contribution in [-0.4, -0.2) is 45.6 Å². The van der Waals surface area contributed by atoms with E-state index in [1.807, 2.05) is 6.92 Å². The van der Waals surface area contributed by atoms with Gasteiger partial charge in [0, 0.05) is 24.2 Å². The fraction of sp³-hybridized carbons (Fsp3) is 0.450. The minimum atomic E-state index is -3.70. The van der Waals surface area contributed by atoms with E-state index in [0.717, 1.165) is 5.69 Å². The molecule has 2 aromatic rings. The highest BCUT2D eigenvalue weighted by atomic mass is 19.3. The SMILES string of the molecule is Cc1cc(C(=O)NC23CC(NC(=O)COc4ccc5c(c4)OC(F)(F)O5)(C2)C3)n(C)n1. The molecule has 2 bridgehead atoms. The van der Waals surface area contributed by atoms with E-state index in [2.05, 4.69) is 25.2 Å². The molecule has 0 saturated heterocycles. The largest absolute Gasteiger partial charge is 0.586 e. The summed E-state index contributed by atoms with van der Waals surface area (Å²) in [5, 5.41) is 10.2. The zero-order valence-corrected chi connectivity index (χ0v) is 16.8. The molecule has 31 heavy (non-hydrogen) atoms. The Morgan fingerprint density at radius 2 is 1.81 bits per heavy atom. The molecule has 0 unspecified atom stereocenters. The highest BCUT2D eigenvalue weighted by Gasteiger charge is 2.69. The Labute approximate surface area is 175 Å². The van der Waals surface area contributed by atoms with Crippen LogP contribution in [0.5, 0.6) is 17.2 Å². The van der Waals surface area contributed by atoms with Crippen molar-refractivity contribution in [1.29, 1.82) is 0 Å². The van der Waals surface area contributed by atoms with Crippen LogP contribution in [0.25, 0.3) is 0 Å². The Hall–Kier alpha value is -3.37. The van der Waals surface area contributed by atoms with Gasteiger partial charge in [-0.15, -0.1) is 8.78 Å². The summed E-state index contributed by atoms with van der Waals surface area (Å²) in [6, 6.07) is 5.69. The van der Waals surface area contributed by atoms with Gasteiger partial charge in [-0.1, -0.05) is 0 Å². The standard InChI is InChI=1S/C20H20F2N4O5/c1-11-5-13(26(2)25-11)17(28)24-19-8-18(9-19,10-19)23-16(27)7-29-12-3-4-14-15(6-12)31-20(21,22)30-14/h3-6H,7-10H2,1-2H3,(H,23,27)(H,24,28). The summed E-state index contributed by atoms with van der Waals surface area (Å²) < 4.78 is 41.7. The first-order valence-electron chi connectivity index (χ1n) is 9.73. The third-order valence-electron chi connectivity index (χ3n) is 5.79. The molecule has 1 aliphatic heterocycles. The highest BCUT2D eigenvalue weighted by molar-refractivity contribution is 5.93. The van der Waals surface area contributed by atoms with Crippen molar-refractivity contribution in [2.24, 2.45) is 7.05 Å². The smallest absolute Gasteiger partial charge is 0.484 e. The molecule has 1 aromatic carbocycles. The molecule has 9 nitrogen and oxygen atoms in total. The van der Waals surface area contributed by atoms with Crippen LogP contribution >= 0.6 is 0 Å². The fourth-order valence-corrected chi connectivity index (χ4v) is 4.68. The van der Waals surface area contributed by atoms with Crippen LogP contribution in [-0.2, 0) is 11.8 Å². The van der Waals surface area contributed by atoms with Crippen LogP contribution in [0.3, 0.4) is 0 Å². The number of nitrogens with zero attached hydrogens (tertiary/aromatic N) is 2. The van der Waals surface area contributed by atoms with Gasteiger partial charge in [0.05, 0.1) is 5.69 Å². The van der Waals surface area contributed by atoms with E-state index in [0.29, 0.717) is 25.0 Å². The molecular formula is C20H20F2N4O5. The first kappa shape index (κ1) is 19.6. The Kier molecular flexibility index (Phi) is 3.99. The lowest BCUT2D eigenvalue weighted by Gasteiger charge is -2.70. The zero-order chi connectivity index (χ0) is 22.0. The van der Waals surface area contributed by atoms with Crippen LogP contribution in [0.1, 0.15) is 35.4 Å². The predicted octanol–water partition coefficient (Wildman–Crippen LogP) is 1.65. The van der Waals surface area contributed by atoms with Crippen molar-refractivity contribution in [3.8, 4) is 17.2 Å². The van der Waals surface area contributed by atoms with Crippen molar-refractivity contribution in [1.82, 2.24) is 20.4 Å². The number of benzene rings is 1. The van der Waals surface area contributed by atoms with Crippen molar-refractivity contribution < 1.29 is 32.6 Å². The number of hydrogen-bond donors (Lipinski definition) is 2. The molecule has 2 N–H and O–H groups in total. The molecule has 6 rings (SSSR count). The van der Waals surface area contributed by atoms with Crippen LogP contribution in [0.2, 0.25) is 0 Å². The number of alkyl halides is 2. The highest BCUT2D eigenvalue weighted by Crippen LogP contribution is 2.60. The Morgan fingerprint density at radius 1 is 1.13 bits per heavy atom. The molecule has 4 aliphatic rings. The summed E-state index contributed by atoms with van der Waals surface area (Å²) in [7, 11) is 1.72. The molecule has 3 saturated carbocycles. The van der Waals surface area contributed by atoms with Gasteiger partial charge in [-0.2, -0.15) is 5.10 Å². The molecular weight excluding hydrogens is 414 g/mol. The van der Waals surface area contributed by atoms with Gasteiger partial charge in [0.2, 0.25) is 0 Å². The number of nitrogens with one attached hydrogen (secondary N) is 2. The van der Waals surface area contributed by atoms with Gasteiger partial charge in [0.15, 0.2) is 18.1 Å². The van der Waals surface area contributed by atoms with E-state index in [-0.39, 0.29) is 46.7 Å². The van der Waals surface area contributed by atoms with Crippen LogP contribution < -0.4 is 24.8 Å². The summed E-state index contributed by atoms with van der Waals surface area (Å²) in [4.78, 5) is 24.7. The summed E-state index contributed by atoms with van der Waals surface area (Å²) in [6.07, 6.45) is -1.77. The first-order chi connectivity index (χ1) is 14.6. The quantitative estimate of drug-likeness (QED) is 0.717. The van der Waals surface area contributed by atoms with E-state index < -0.39 is 6.29 Å². The summed E-state index contributed by atoms with van der Waals surface area (Å²) in [6.45, 7) is 1.55. The predicted molar refractivity (Wildman–Crippen MR) is 101 cm³/mol. The molecule has 1 aromatic heterocycles. The van der Waals surface area contributed by atoms with Gasteiger partial charge >= 0.3 is 6.29 Å². The fourth-order valence-electron chi connectivity index (χ4n) is 4.68. The minimum Gasteiger partial charge on any atom is -0.484 e. The second kappa shape index (κ2) is 6.32. The Morgan fingerprint density at radius 3 is 2.48 bits per heavy atom. The van der Waals surface area contributed by atoms with Crippen LogP contribution in [0.4, 0.5) is 8.78 Å². The number of ether oxygens (including phenoxy) is 3. The topological polar surface area (TPSA) is 104 Å². The van der Waals surface area contributed by atoms with Crippen molar-refractivity contribution in [2.75, 3.05) is 6.61 Å². The molecule has 164 valence electrons. The maximum Gasteiger partial charge on any atom is 0.586 e. The average molecular weight is 434 g/mol. The molecule has 0 spiro atoms. The van der Waals surface area contributed by atoms with Gasteiger partial charge in [0.25, 0.3) is 11.8 Å². The molecule has 2 heterocycles. The van der Waals surface area contributed by atoms with Crippen LogP contribution in [0, 0.1) is 6.92 Å². The van der Waals surface area contributed by atoms with Crippen molar-refractivity contribution in [2.45, 2.75) is 43.6 Å². The van der Waals surface area contributed by atoms with Crippen molar-refractivity contribution >= 4 is 11.8 Å². The number of aryl methyl sites for hydroxylation is 2. The average Bonchev–Trinajstić information content (AvgIpc) is 3.12. The first-order valence-corrected chi connectivity index (χ1v) is 9.73. The number of rotatable bonds is 6. The van der Waals surface area contributed by atoms with E-state index in [9.17, 15) is 18.4 Å². The lowest BCUT2D eigenvalue weighted by molar-refractivity contribution is -0.286. The lowest BCUT2D eigenvalue weighted by Crippen LogP contribution is -2.84. The van der Waals surface area contributed by atoms with Crippen molar-refractivity contribution in [3.05, 3.63) is 35.7 Å². The summed E-state index contributed by atoms with van der Waals surface area (Å²) in [5.41, 5.74) is 0.624. The maximum atomic E-state index is 13.1. The zero-order valence-electron chi connectivity index (χ0n) is 16.8. The number of fused-ring (bicyclic) bond motifs is 1. The molecule has 0 radical (unpaired) electrons. The minimum absolute atomic E-state index is 0.0932. The molecule has 2 amide bonds. The van der Waals surface area contributed by atoms with Crippen molar-refractivity contribution in [3.63, 3.8) is 0 Å². The molecule has 0 atom stereocenters. The van der Waals surface area contributed by atoms with Gasteiger partial charge in [-0.05, 0) is 44.4 Å². The number of hydrogen-bond acceptors (Lipinski definition) is 6. The Bertz CT molecular complexity index is 1080. The van der Waals surface area contributed by atoms with Gasteiger partial charge < -0.3 is 24.8 Å². The van der Waals surface area contributed by atoms with Gasteiger partial charge in [0.1, 0.15) is 11.4 Å². The normalized spacial score (nSPS) is 26.5. The van der Waals surface area contributed by atoms with Gasteiger partial charge in [-0.25, -0.2) is 0 Å². The molecule has 3 fully saturated rings. The number of carbonyl (C=O) groups is 2. The number of carbonyl (C=O) groups excluding carboxylic acids is 2. The van der Waals surface area contributed by atoms with E-state index >= 15 is 0 Å². The lowest BCUT2D eigenvalue weighted by atomic mass is 9.44.